The highest BCUT2D eigenvalue weighted by atomic mass is 35.5. The highest BCUT2D eigenvalue weighted by Crippen LogP contribution is 2.28. The summed E-state index contributed by atoms with van der Waals surface area (Å²) < 4.78 is 0. The highest BCUT2D eigenvalue weighted by molar-refractivity contribution is 6.30. The van der Waals surface area contributed by atoms with Gasteiger partial charge in [-0.05, 0) is 42.5 Å². The molecule has 2 saturated heterocycles. The molecule has 2 aliphatic rings. The van der Waals surface area contributed by atoms with Gasteiger partial charge in [-0.1, -0.05) is 11.6 Å². The molecule has 2 heterocycles. The number of carbonyl (C=O) groups is 1. The molecule has 5 heteroatoms. The van der Waals surface area contributed by atoms with E-state index in [1.54, 1.807) is 6.07 Å². The smallest absolute Gasteiger partial charge is 0.254 e. The molecule has 19 heavy (non-hydrogen) atoms. The highest BCUT2D eigenvalue weighted by Gasteiger charge is 2.38. The second-order valence-electron chi connectivity index (χ2n) is 5.35. The van der Waals surface area contributed by atoms with Gasteiger partial charge in [0.1, 0.15) is 0 Å². The lowest BCUT2D eigenvalue weighted by molar-refractivity contribution is 0.0781. The minimum atomic E-state index is 0. The fourth-order valence-corrected chi connectivity index (χ4v) is 3.29. The third-order valence-corrected chi connectivity index (χ3v) is 4.33. The van der Waals surface area contributed by atoms with Crippen LogP contribution in [0.25, 0.3) is 0 Å². The summed E-state index contributed by atoms with van der Waals surface area (Å²) in [5, 5.41) is 4.07. The molecule has 0 aromatic heterocycles. The van der Waals surface area contributed by atoms with Crippen molar-refractivity contribution in [3.05, 3.63) is 34.3 Å². The molecular weight excluding hydrogens is 283 g/mol. The molecule has 0 aliphatic carbocycles. The van der Waals surface area contributed by atoms with Crippen molar-refractivity contribution in [2.24, 2.45) is 11.8 Å². The van der Waals surface area contributed by atoms with E-state index in [9.17, 15) is 4.79 Å². The number of halogens is 2. The number of rotatable bonds is 1. The quantitative estimate of drug-likeness (QED) is 0.863. The van der Waals surface area contributed by atoms with Crippen LogP contribution in [0.3, 0.4) is 0 Å². The first-order valence-electron chi connectivity index (χ1n) is 6.41. The number of hydrogen-bond donors (Lipinski definition) is 1. The summed E-state index contributed by atoms with van der Waals surface area (Å²) in [5.41, 5.74) is 1.75. The zero-order valence-corrected chi connectivity index (χ0v) is 12.4. The van der Waals surface area contributed by atoms with Crippen LogP contribution in [0.4, 0.5) is 0 Å². The molecule has 3 rings (SSSR count). The Kier molecular flexibility index (Phi) is 4.39. The van der Waals surface area contributed by atoms with Crippen molar-refractivity contribution in [3.63, 3.8) is 0 Å². The Labute approximate surface area is 124 Å². The maximum atomic E-state index is 12.5. The third kappa shape index (κ3) is 2.73. The minimum Gasteiger partial charge on any atom is -0.338 e. The van der Waals surface area contributed by atoms with E-state index in [0.29, 0.717) is 16.9 Å². The molecule has 1 amide bonds. The molecule has 2 aliphatic heterocycles. The predicted molar refractivity (Wildman–Crippen MR) is 79.2 cm³/mol. The minimum absolute atomic E-state index is 0. The molecule has 2 fully saturated rings. The van der Waals surface area contributed by atoms with Crippen molar-refractivity contribution >= 4 is 29.9 Å². The van der Waals surface area contributed by atoms with Gasteiger partial charge >= 0.3 is 0 Å². The van der Waals surface area contributed by atoms with Crippen molar-refractivity contribution in [1.29, 1.82) is 0 Å². The van der Waals surface area contributed by atoms with E-state index in [-0.39, 0.29) is 18.3 Å². The van der Waals surface area contributed by atoms with Crippen LogP contribution >= 0.6 is 24.0 Å². The normalized spacial score (nSPS) is 25.1. The molecule has 104 valence electrons. The van der Waals surface area contributed by atoms with Gasteiger partial charge in [-0.25, -0.2) is 0 Å². The Balaban J connectivity index is 0.00000133. The van der Waals surface area contributed by atoms with Gasteiger partial charge < -0.3 is 10.2 Å². The van der Waals surface area contributed by atoms with Crippen LogP contribution in [0.2, 0.25) is 5.02 Å². The first-order valence-corrected chi connectivity index (χ1v) is 6.79. The SMILES string of the molecule is Cc1cc(Cl)ccc1C(=O)N1C[C@H]2CNC[C@H]2C1.Cl. The Bertz CT molecular complexity index is 480. The molecule has 2 atom stereocenters. The largest absolute Gasteiger partial charge is 0.338 e. The second-order valence-corrected chi connectivity index (χ2v) is 5.78. The zero-order valence-electron chi connectivity index (χ0n) is 10.9. The first-order chi connectivity index (χ1) is 8.65. The Morgan fingerprint density at radius 1 is 1.32 bits per heavy atom. The van der Waals surface area contributed by atoms with E-state index in [4.69, 9.17) is 11.6 Å². The Morgan fingerprint density at radius 3 is 2.53 bits per heavy atom. The summed E-state index contributed by atoms with van der Waals surface area (Å²) >= 11 is 5.93. The van der Waals surface area contributed by atoms with Gasteiger partial charge in [0, 0.05) is 36.8 Å². The summed E-state index contributed by atoms with van der Waals surface area (Å²) in [6.45, 7) is 5.82. The fourth-order valence-electron chi connectivity index (χ4n) is 3.06. The van der Waals surface area contributed by atoms with Gasteiger partial charge in [-0.2, -0.15) is 0 Å². The number of nitrogens with zero attached hydrogens (tertiary/aromatic N) is 1. The van der Waals surface area contributed by atoms with Crippen LogP contribution in [0.15, 0.2) is 18.2 Å². The van der Waals surface area contributed by atoms with E-state index in [1.807, 2.05) is 24.0 Å². The van der Waals surface area contributed by atoms with E-state index < -0.39 is 0 Å². The number of benzene rings is 1. The molecule has 0 unspecified atom stereocenters. The number of carbonyl (C=O) groups excluding carboxylic acids is 1. The van der Waals surface area contributed by atoms with Gasteiger partial charge in [0.2, 0.25) is 0 Å². The van der Waals surface area contributed by atoms with Crippen molar-refractivity contribution < 1.29 is 4.79 Å². The average molecular weight is 301 g/mol. The molecule has 3 nitrogen and oxygen atoms in total. The predicted octanol–water partition coefficient (Wildman–Crippen LogP) is 2.36. The van der Waals surface area contributed by atoms with Gasteiger partial charge in [-0.15, -0.1) is 12.4 Å². The topological polar surface area (TPSA) is 32.3 Å². The first kappa shape index (κ1) is 14.6. The van der Waals surface area contributed by atoms with Crippen molar-refractivity contribution in [2.45, 2.75) is 6.92 Å². The number of likely N-dealkylation sites (tertiary alicyclic amines) is 1. The van der Waals surface area contributed by atoms with E-state index in [2.05, 4.69) is 5.32 Å². The number of amides is 1. The van der Waals surface area contributed by atoms with Gasteiger partial charge in [-0.3, -0.25) is 4.79 Å². The summed E-state index contributed by atoms with van der Waals surface area (Å²) in [6.07, 6.45) is 0. The average Bonchev–Trinajstić information content (AvgIpc) is 2.87. The Hall–Kier alpha value is -0.770. The summed E-state index contributed by atoms with van der Waals surface area (Å²) in [7, 11) is 0. The molecule has 0 saturated carbocycles. The van der Waals surface area contributed by atoms with Crippen molar-refractivity contribution in [1.82, 2.24) is 10.2 Å². The van der Waals surface area contributed by atoms with Crippen LogP contribution in [-0.2, 0) is 0 Å². The summed E-state index contributed by atoms with van der Waals surface area (Å²) in [4.78, 5) is 14.5. The number of hydrogen-bond acceptors (Lipinski definition) is 2. The number of nitrogens with one attached hydrogen (secondary N) is 1. The lowest BCUT2D eigenvalue weighted by Crippen LogP contribution is -2.32. The maximum Gasteiger partial charge on any atom is 0.254 e. The molecule has 0 spiro atoms. The van der Waals surface area contributed by atoms with Crippen LogP contribution in [0.1, 0.15) is 15.9 Å². The third-order valence-electron chi connectivity index (χ3n) is 4.10. The van der Waals surface area contributed by atoms with Crippen LogP contribution < -0.4 is 5.32 Å². The summed E-state index contributed by atoms with van der Waals surface area (Å²) in [5.74, 6) is 1.43. The van der Waals surface area contributed by atoms with Crippen LogP contribution in [0.5, 0.6) is 0 Å². The molecule has 1 aromatic carbocycles. The number of aryl methyl sites for hydroxylation is 1. The van der Waals surface area contributed by atoms with E-state index >= 15 is 0 Å². The number of fused-ring (bicyclic) bond motifs is 1. The van der Waals surface area contributed by atoms with Gasteiger partial charge in [0.15, 0.2) is 0 Å². The van der Waals surface area contributed by atoms with Crippen molar-refractivity contribution in [3.8, 4) is 0 Å². The molecule has 0 radical (unpaired) electrons. The van der Waals surface area contributed by atoms with Gasteiger partial charge in [0.05, 0.1) is 0 Å². The maximum absolute atomic E-state index is 12.5. The molecule has 1 aromatic rings. The lowest BCUT2D eigenvalue weighted by atomic mass is 10.0. The standard InChI is InChI=1S/C14H17ClN2O.ClH/c1-9-4-12(15)2-3-13(9)14(18)17-7-10-5-16-6-11(10)8-17;/h2-4,10-11,16H,5-8H2,1H3;1H/t10-,11+;. The van der Waals surface area contributed by atoms with E-state index in [1.165, 1.54) is 0 Å². The zero-order chi connectivity index (χ0) is 12.7. The molecule has 1 N–H and O–H groups in total. The van der Waals surface area contributed by atoms with Crippen LogP contribution in [0, 0.1) is 18.8 Å². The molecule has 0 bridgehead atoms. The van der Waals surface area contributed by atoms with Gasteiger partial charge in [0.25, 0.3) is 5.91 Å². The van der Waals surface area contributed by atoms with Crippen molar-refractivity contribution in [2.75, 3.05) is 26.2 Å². The lowest BCUT2D eigenvalue weighted by Gasteiger charge is -2.18. The molecular formula is C14H18Cl2N2O. The summed E-state index contributed by atoms with van der Waals surface area (Å²) in [6, 6.07) is 5.49. The Morgan fingerprint density at radius 2 is 1.95 bits per heavy atom. The fraction of sp³-hybridized carbons (Fsp3) is 0.500. The monoisotopic (exact) mass is 300 g/mol. The van der Waals surface area contributed by atoms with Crippen LogP contribution in [-0.4, -0.2) is 37.0 Å². The van der Waals surface area contributed by atoms with E-state index in [0.717, 1.165) is 37.3 Å². The second kappa shape index (κ2) is 5.70.